The molecule has 0 saturated heterocycles. The first-order valence-corrected chi connectivity index (χ1v) is 11.3. The van der Waals surface area contributed by atoms with E-state index in [1.165, 1.54) is 24.3 Å². The maximum Gasteiger partial charge on any atom is 0.221 e. The number of hydrogen-bond acceptors (Lipinski definition) is 7. The van der Waals surface area contributed by atoms with Gasteiger partial charge >= 0.3 is 0 Å². The average molecular weight is 475 g/mol. The van der Waals surface area contributed by atoms with Crippen LogP contribution >= 0.6 is 0 Å². The molecule has 1 aliphatic heterocycles. The number of methoxy groups -OCH3 is 1. The second-order valence-corrected chi connectivity index (χ2v) is 8.10. The molecule has 0 saturated carbocycles. The average Bonchev–Trinajstić information content (AvgIpc) is 2.80. The van der Waals surface area contributed by atoms with Gasteiger partial charge in [-0.1, -0.05) is 6.07 Å². The molecular weight excluding hydrogens is 447 g/mol. The summed E-state index contributed by atoms with van der Waals surface area (Å²) in [4.78, 5) is 6.22. The van der Waals surface area contributed by atoms with E-state index in [4.69, 9.17) is 20.6 Å². The van der Waals surface area contributed by atoms with Crippen LogP contribution < -0.4 is 24.8 Å². The van der Waals surface area contributed by atoms with Gasteiger partial charge in [0.15, 0.2) is 11.6 Å². The number of ether oxygens (including phenoxy) is 2. The second kappa shape index (κ2) is 11.4. The summed E-state index contributed by atoms with van der Waals surface area (Å²) in [5.74, 6) is 0.981. The normalized spacial score (nSPS) is 15.3. The zero-order valence-electron chi connectivity index (χ0n) is 18.4. The molecule has 1 atom stereocenters. The van der Waals surface area contributed by atoms with Crippen LogP contribution in [0.5, 0.6) is 5.75 Å². The minimum Gasteiger partial charge on any atom is -0.495 e. The molecule has 9 nitrogen and oxygen atoms in total. The highest BCUT2D eigenvalue weighted by Gasteiger charge is 2.17. The van der Waals surface area contributed by atoms with Gasteiger partial charge in [-0.15, -0.1) is 0 Å². The van der Waals surface area contributed by atoms with Gasteiger partial charge < -0.3 is 25.5 Å². The zero-order chi connectivity index (χ0) is 23.8. The number of anilines is 2. The number of benzene rings is 2. The summed E-state index contributed by atoms with van der Waals surface area (Å²) >= 11 is -1.72. The largest absolute Gasteiger partial charge is 0.495 e. The van der Waals surface area contributed by atoms with Crippen molar-refractivity contribution in [2.45, 2.75) is 6.92 Å². The molecule has 2 aromatic carbocycles. The molecule has 0 amide bonds. The van der Waals surface area contributed by atoms with E-state index in [1.807, 2.05) is 23.1 Å². The lowest BCUT2D eigenvalue weighted by Crippen LogP contribution is -2.34. The Balaban J connectivity index is 1.78. The third-order valence-corrected chi connectivity index (χ3v) is 5.39. The van der Waals surface area contributed by atoms with E-state index in [-0.39, 0.29) is 12.5 Å². The van der Waals surface area contributed by atoms with Crippen molar-refractivity contribution in [1.82, 2.24) is 4.72 Å². The van der Waals surface area contributed by atoms with E-state index < -0.39 is 11.2 Å². The van der Waals surface area contributed by atoms with E-state index in [2.05, 4.69) is 14.4 Å². The molecule has 1 aliphatic rings. The Hall–Kier alpha value is -3.44. The van der Waals surface area contributed by atoms with Gasteiger partial charge in [-0.05, 0) is 55.0 Å². The zero-order valence-corrected chi connectivity index (χ0v) is 19.2. The molecule has 0 aromatic heterocycles. The highest BCUT2D eigenvalue weighted by Crippen LogP contribution is 2.30. The molecule has 0 aliphatic carbocycles. The predicted molar refractivity (Wildman–Crippen MR) is 130 cm³/mol. The minimum absolute atomic E-state index is 0.240. The van der Waals surface area contributed by atoms with Crippen molar-refractivity contribution in [3.05, 3.63) is 59.6 Å². The summed E-state index contributed by atoms with van der Waals surface area (Å²) in [7, 11) is 1.57. The fraction of sp³-hybridized carbons (Fsp3) is 0.273. The molecule has 0 radical (unpaired) electrons. The number of aliphatic imine (C=N–C) groups is 1. The fourth-order valence-electron chi connectivity index (χ4n) is 3.12. The molecular formula is C22H27FN6O3S. The quantitative estimate of drug-likeness (QED) is 0.328. The Bertz CT molecular complexity index is 1070. The lowest BCUT2D eigenvalue weighted by atomic mass is 10.1. The predicted octanol–water partition coefficient (Wildman–Crippen LogP) is 2.65. The van der Waals surface area contributed by atoms with Crippen LogP contribution in [-0.2, 0) is 15.9 Å². The minimum atomic E-state index is -1.72. The van der Waals surface area contributed by atoms with Crippen molar-refractivity contribution in [2.24, 2.45) is 10.7 Å². The van der Waals surface area contributed by atoms with Crippen molar-refractivity contribution in [3.63, 3.8) is 0 Å². The molecule has 176 valence electrons. The lowest BCUT2D eigenvalue weighted by Gasteiger charge is -2.24. The van der Waals surface area contributed by atoms with Crippen LogP contribution in [0.2, 0.25) is 0 Å². The number of nitrogens with one attached hydrogen (secondary N) is 3. The summed E-state index contributed by atoms with van der Waals surface area (Å²) in [6.45, 7) is 3.17. The molecule has 2 aromatic rings. The summed E-state index contributed by atoms with van der Waals surface area (Å²) in [6.07, 6.45) is 1.76. The van der Waals surface area contributed by atoms with Gasteiger partial charge in [-0.25, -0.2) is 8.60 Å². The van der Waals surface area contributed by atoms with Gasteiger partial charge in [-0.3, -0.25) is 14.4 Å². The Morgan fingerprint density at radius 3 is 2.76 bits per heavy atom. The van der Waals surface area contributed by atoms with Crippen LogP contribution in [-0.4, -0.2) is 49.2 Å². The summed E-state index contributed by atoms with van der Waals surface area (Å²) < 4.78 is 42.3. The number of amidine groups is 1. The third kappa shape index (κ3) is 6.77. The molecule has 11 heteroatoms. The third-order valence-electron chi connectivity index (χ3n) is 4.59. The van der Waals surface area contributed by atoms with Crippen LogP contribution in [0.25, 0.3) is 6.08 Å². The Morgan fingerprint density at radius 1 is 1.33 bits per heavy atom. The van der Waals surface area contributed by atoms with Crippen LogP contribution in [0, 0.1) is 11.2 Å². The smallest absolute Gasteiger partial charge is 0.221 e. The van der Waals surface area contributed by atoms with Crippen LogP contribution in [0.1, 0.15) is 12.5 Å². The number of halogens is 1. The molecule has 1 unspecified atom stereocenters. The van der Waals surface area contributed by atoms with Crippen molar-refractivity contribution < 1.29 is 18.1 Å². The topological polar surface area (TPSA) is 125 Å². The summed E-state index contributed by atoms with van der Waals surface area (Å²) in [5, 5.41) is 7.74. The van der Waals surface area contributed by atoms with E-state index in [9.17, 15) is 8.60 Å². The molecule has 1 heterocycles. The highest BCUT2D eigenvalue weighted by atomic mass is 32.2. The van der Waals surface area contributed by atoms with Crippen molar-refractivity contribution in [2.75, 3.05) is 43.1 Å². The number of nitrogens with zero attached hydrogens (tertiary/aromatic N) is 2. The van der Waals surface area contributed by atoms with Gasteiger partial charge in [0.05, 0.1) is 32.6 Å². The SMILES string of the molecule is COc1cc(C=C2OCCN=C2NS(=O)Nc2ccc(F)cc2)ccc1N(CN)CC(C)=N. The fourth-order valence-corrected chi connectivity index (χ4v) is 3.86. The first kappa shape index (κ1) is 24.2. The molecule has 0 spiro atoms. The molecule has 33 heavy (non-hydrogen) atoms. The first-order chi connectivity index (χ1) is 15.9. The van der Waals surface area contributed by atoms with Crippen molar-refractivity contribution in [3.8, 4) is 5.75 Å². The van der Waals surface area contributed by atoms with Crippen LogP contribution in [0.4, 0.5) is 15.8 Å². The van der Waals surface area contributed by atoms with Gasteiger partial charge in [0.1, 0.15) is 18.2 Å². The first-order valence-electron chi connectivity index (χ1n) is 10.2. The van der Waals surface area contributed by atoms with Gasteiger partial charge in [0.2, 0.25) is 11.2 Å². The van der Waals surface area contributed by atoms with E-state index >= 15 is 0 Å². The van der Waals surface area contributed by atoms with Gasteiger partial charge in [-0.2, -0.15) is 0 Å². The maximum atomic E-state index is 13.1. The Labute approximate surface area is 194 Å². The molecule has 0 bridgehead atoms. The monoisotopic (exact) mass is 474 g/mol. The highest BCUT2D eigenvalue weighted by molar-refractivity contribution is 7.85. The van der Waals surface area contributed by atoms with Crippen LogP contribution in [0.3, 0.4) is 0 Å². The second-order valence-electron chi connectivity index (χ2n) is 7.16. The van der Waals surface area contributed by atoms with Crippen LogP contribution in [0.15, 0.2) is 53.2 Å². The number of nitrogens with two attached hydrogens (primary N) is 1. The van der Waals surface area contributed by atoms with Crippen molar-refractivity contribution >= 4 is 40.2 Å². The summed E-state index contributed by atoms with van der Waals surface area (Å²) in [6, 6.07) is 11.1. The van der Waals surface area contributed by atoms with E-state index in [1.54, 1.807) is 20.1 Å². The van der Waals surface area contributed by atoms with Gasteiger partial charge in [0.25, 0.3) is 0 Å². The Kier molecular flexibility index (Phi) is 8.39. The Morgan fingerprint density at radius 2 is 2.09 bits per heavy atom. The molecule has 0 fully saturated rings. The maximum absolute atomic E-state index is 13.1. The molecule has 5 N–H and O–H groups in total. The van der Waals surface area contributed by atoms with E-state index in [0.717, 1.165) is 11.3 Å². The van der Waals surface area contributed by atoms with E-state index in [0.29, 0.717) is 48.4 Å². The number of rotatable bonds is 9. The van der Waals surface area contributed by atoms with Crippen molar-refractivity contribution in [1.29, 1.82) is 5.41 Å². The molecule has 3 rings (SSSR count). The summed E-state index contributed by atoms with van der Waals surface area (Å²) in [5.41, 5.74) is 8.39. The number of hydrogen-bond donors (Lipinski definition) is 4. The standard InChI is InChI=1S/C22H27FN6O3S/c1-15(25)13-29(14-24)19-8-3-16(11-20(19)31-2)12-21-22(26-9-10-32-21)28-33(30)27-18-6-4-17(23)5-7-18/h3-8,11-12,25,27H,9-10,13-14,24H2,1-2H3,(H,26,28). The lowest BCUT2D eigenvalue weighted by molar-refractivity contribution is 0.233. The van der Waals surface area contributed by atoms with Gasteiger partial charge in [0, 0.05) is 11.4 Å².